The van der Waals surface area contributed by atoms with E-state index in [4.69, 9.17) is 0 Å². The Bertz CT molecular complexity index is 200. The number of fused-ring (bicyclic) bond motifs is 1. The van der Waals surface area contributed by atoms with E-state index in [2.05, 4.69) is 10.5 Å². The number of aldehydes is 1. The maximum absolute atomic E-state index is 10.7. The van der Waals surface area contributed by atoms with Crippen molar-refractivity contribution in [3.8, 4) is 0 Å². The second-order valence-corrected chi connectivity index (χ2v) is 3.02. The van der Waals surface area contributed by atoms with E-state index in [-0.39, 0.29) is 5.41 Å². The van der Waals surface area contributed by atoms with E-state index in [0.29, 0.717) is 0 Å². The summed E-state index contributed by atoms with van der Waals surface area (Å²) in [4.78, 5) is 10.7. The van der Waals surface area contributed by atoms with Crippen molar-refractivity contribution in [1.29, 1.82) is 0 Å². The molecule has 1 unspecified atom stereocenters. The van der Waals surface area contributed by atoms with E-state index < -0.39 is 0 Å². The summed E-state index contributed by atoms with van der Waals surface area (Å²) in [5.74, 6) is 0. The molecule has 1 heterocycles. The molecule has 0 spiro atoms. The second kappa shape index (κ2) is 1.81. The predicted molar refractivity (Wildman–Crippen MR) is 37.8 cm³/mol. The van der Waals surface area contributed by atoms with Gasteiger partial charge in [-0.05, 0) is 19.3 Å². The third-order valence-corrected chi connectivity index (χ3v) is 2.45. The molecule has 1 N–H and O–H groups in total. The largest absolute Gasteiger partial charge is 0.309 e. The standard InChI is InChI=1S/C7H10N2O/c10-5-7-3-1-2-6(7)9-8-4-7/h5,8H,1-4H2. The molecule has 0 bridgehead atoms. The highest BCUT2D eigenvalue weighted by molar-refractivity contribution is 6.04. The van der Waals surface area contributed by atoms with Gasteiger partial charge >= 0.3 is 0 Å². The molecule has 0 amide bonds. The topological polar surface area (TPSA) is 41.5 Å². The fourth-order valence-electron chi connectivity index (χ4n) is 1.77. The maximum atomic E-state index is 10.7. The van der Waals surface area contributed by atoms with Crippen molar-refractivity contribution in [3.63, 3.8) is 0 Å². The summed E-state index contributed by atoms with van der Waals surface area (Å²) in [6.45, 7) is 0.728. The minimum Gasteiger partial charge on any atom is -0.309 e. The molecular weight excluding hydrogens is 128 g/mol. The van der Waals surface area contributed by atoms with Gasteiger partial charge in [-0.2, -0.15) is 5.10 Å². The van der Waals surface area contributed by atoms with Gasteiger partial charge in [0.2, 0.25) is 0 Å². The molecule has 1 saturated carbocycles. The Balaban J connectivity index is 2.35. The van der Waals surface area contributed by atoms with E-state index in [0.717, 1.165) is 37.8 Å². The van der Waals surface area contributed by atoms with Crippen LogP contribution in [0.15, 0.2) is 5.10 Å². The third-order valence-electron chi connectivity index (χ3n) is 2.45. The van der Waals surface area contributed by atoms with E-state index in [9.17, 15) is 4.79 Å². The molecule has 3 heteroatoms. The molecular formula is C7H10N2O. The monoisotopic (exact) mass is 138 g/mol. The number of carbonyl (C=O) groups excluding carboxylic acids is 1. The first-order chi connectivity index (χ1) is 4.87. The quantitative estimate of drug-likeness (QED) is 0.530. The lowest BCUT2D eigenvalue weighted by atomic mass is 9.88. The van der Waals surface area contributed by atoms with Crippen LogP contribution in [0.3, 0.4) is 0 Å². The lowest BCUT2D eigenvalue weighted by molar-refractivity contribution is -0.112. The summed E-state index contributed by atoms with van der Waals surface area (Å²) >= 11 is 0. The SMILES string of the molecule is O=CC12CCCC1=NNC2. The molecule has 1 fully saturated rings. The van der Waals surface area contributed by atoms with Gasteiger partial charge in [-0.15, -0.1) is 0 Å². The highest BCUT2D eigenvalue weighted by Gasteiger charge is 2.42. The number of hydrogen-bond donors (Lipinski definition) is 1. The average Bonchev–Trinajstić information content (AvgIpc) is 2.42. The van der Waals surface area contributed by atoms with Gasteiger partial charge in [0.05, 0.1) is 17.7 Å². The molecule has 2 aliphatic rings. The minimum absolute atomic E-state index is 0.194. The first-order valence-electron chi connectivity index (χ1n) is 3.64. The molecule has 0 aromatic carbocycles. The zero-order chi connectivity index (χ0) is 7.03. The fourth-order valence-corrected chi connectivity index (χ4v) is 1.77. The smallest absolute Gasteiger partial charge is 0.133 e. The molecule has 2 rings (SSSR count). The van der Waals surface area contributed by atoms with Crippen LogP contribution in [0.2, 0.25) is 0 Å². The summed E-state index contributed by atoms with van der Waals surface area (Å²) in [5, 5.41) is 4.08. The van der Waals surface area contributed by atoms with Crippen molar-refractivity contribution in [3.05, 3.63) is 0 Å². The van der Waals surface area contributed by atoms with Crippen molar-refractivity contribution in [2.45, 2.75) is 19.3 Å². The van der Waals surface area contributed by atoms with Gasteiger partial charge in [0.15, 0.2) is 0 Å². The van der Waals surface area contributed by atoms with E-state index in [1.807, 2.05) is 0 Å². The van der Waals surface area contributed by atoms with Crippen molar-refractivity contribution in [2.24, 2.45) is 10.5 Å². The highest BCUT2D eigenvalue weighted by Crippen LogP contribution is 2.35. The first-order valence-corrected chi connectivity index (χ1v) is 3.64. The molecule has 0 radical (unpaired) electrons. The highest BCUT2D eigenvalue weighted by atomic mass is 16.1. The van der Waals surface area contributed by atoms with Gasteiger partial charge in [-0.3, -0.25) is 0 Å². The number of rotatable bonds is 1. The van der Waals surface area contributed by atoms with Gasteiger partial charge in [0.25, 0.3) is 0 Å². The van der Waals surface area contributed by atoms with Crippen LogP contribution in [0.1, 0.15) is 19.3 Å². The summed E-state index contributed by atoms with van der Waals surface area (Å²) in [5.41, 5.74) is 3.75. The minimum atomic E-state index is -0.194. The number of nitrogens with zero attached hydrogens (tertiary/aromatic N) is 1. The van der Waals surface area contributed by atoms with Crippen molar-refractivity contribution in [2.75, 3.05) is 6.54 Å². The van der Waals surface area contributed by atoms with Gasteiger partial charge in [-0.25, -0.2) is 0 Å². The third kappa shape index (κ3) is 0.549. The normalized spacial score (nSPS) is 36.6. The summed E-state index contributed by atoms with van der Waals surface area (Å²) in [6, 6.07) is 0. The molecule has 1 aliphatic heterocycles. The Morgan fingerprint density at radius 1 is 1.70 bits per heavy atom. The zero-order valence-corrected chi connectivity index (χ0v) is 5.76. The summed E-state index contributed by atoms with van der Waals surface area (Å²) in [7, 11) is 0. The molecule has 0 aromatic heterocycles. The van der Waals surface area contributed by atoms with Crippen molar-refractivity contribution < 1.29 is 4.79 Å². The molecule has 54 valence electrons. The molecule has 0 aromatic rings. The van der Waals surface area contributed by atoms with Crippen LogP contribution >= 0.6 is 0 Å². The Kier molecular flexibility index (Phi) is 1.07. The molecule has 1 aliphatic carbocycles. The molecule has 0 saturated heterocycles. The lowest BCUT2D eigenvalue weighted by Crippen LogP contribution is -2.29. The molecule has 3 nitrogen and oxygen atoms in total. The zero-order valence-electron chi connectivity index (χ0n) is 5.76. The average molecular weight is 138 g/mol. The van der Waals surface area contributed by atoms with E-state index in [1.165, 1.54) is 0 Å². The van der Waals surface area contributed by atoms with Gasteiger partial charge < -0.3 is 10.2 Å². The number of hydrogen-bond acceptors (Lipinski definition) is 3. The van der Waals surface area contributed by atoms with Crippen LogP contribution in [0.5, 0.6) is 0 Å². The summed E-state index contributed by atoms with van der Waals surface area (Å²) in [6.07, 6.45) is 4.17. The second-order valence-electron chi connectivity index (χ2n) is 3.02. The van der Waals surface area contributed by atoms with Gasteiger partial charge in [0, 0.05) is 0 Å². The van der Waals surface area contributed by atoms with E-state index in [1.54, 1.807) is 0 Å². The van der Waals surface area contributed by atoms with Crippen molar-refractivity contribution in [1.82, 2.24) is 5.43 Å². The Hall–Kier alpha value is -0.860. The van der Waals surface area contributed by atoms with Crippen LogP contribution in [0.4, 0.5) is 0 Å². The van der Waals surface area contributed by atoms with Crippen LogP contribution in [0.25, 0.3) is 0 Å². The van der Waals surface area contributed by atoms with Crippen LogP contribution in [-0.2, 0) is 4.79 Å². The van der Waals surface area contributed by atoms with Gasteiger partial charge in [0.1, 0.15) is 6.29 Å². The predicted octanol–water partition coefficient (Wildman–Crippen LogP) is 0.315. The van der Waals surface area contributed by atoms with Gasteiger partial charge in [-0.1, -0.05) is 0 Å². The Morgan fingerprint density at radius 3 is 3.30 bits per heavy atom. The number of nitrogens with one attached hydrogen (secondary N) is 1. The van der Waals surface area contributed by atoms with Crippen LogP contribution in [-0.4, -0.2) is 18.5 Å². The lowest BCUT2D eigenvalue weighted by Gasteiger charge is -2.13. The first kappa shape index (κ1) is 5.89. The maximum Gasteiger partial charge on any atom is 0.133 e. The summed E-state index contributed by atoms with van der Waals surface area (Å²) < 4.78 is 0. The Labute approximate surface area is 59.5 Å². The van der Waals surface area contributed by atoms with E-state index >= 15 is 0 Å². The molecule has 10 heavy (non-hydrogen) atoms. The van der Waals surface area contributed by atoms with Crippen LogP contribution < -0.4 is 5.43 Å². The number of carbonyl (C=O) groups is 1. The number of hydrazone groups is 1. The fraction of sp³-hybridized carbons (Fsp3) is 0.714. The molecule has 1 atom stereocenters. The Morgan fingerprint density at radius 2 is 2.60 bits per heavy atom. The van der Waals surface area contributed by atoms with Crippen LogP contribution in [0, 0.1) is 5.41 Å². The van der Waals surface area contributed by atoms with Crippen molar-refractivity contribution >= 4 is 12.0 Å².